The van der Waals surface area contributed by atoms with E-state index in [4.69, 9.17) is 4.42 Å². The van der Waals surface area contributed by atoms with E-state index in [1.807, 2.05) is 0 Å². The molecule has 2 nitrogen and oxygen atoms in total. The molecule has 1 aromatic heterocycles. The second-order valence-corrected chi connectivity index (χ2v) is 4.12. The fraction of sp³-hybridized carbons (Fsp3) is 0.0833. The monoisotopic (exact) mass is 282 g/mol. The lowest BCUT2D eigenvalue weighted by molar-refractivity contribution is 0.0965. The number of halogens is 2. The van der Waals surface area contributed by atoms with Gasteiger partial charge in [-0.15, -0.1) is 0 Å². The molecule has 0 aliphatic heterocycles. The van der Waals surface area contributed by atoms with Crippen LogP contribution >= 0.6 is 15.9 Å². The summed E-state index contributed by atoms with van der Waals surface area (Å²) in [4.78, 5) is 11.7. The molecule has 0 amide bonds. The topological polar surface area (TPSA) is 30.2 Å². The first kappa shape index (κ1) is 11.1. The second-order valence-electron chi connectivity index (χ2n) is 3.33. The third-order valence-electron chi connectivity index (χ3n) is 2.10. The third kappa shape index (κ3) is 2.58. The molecule has 0 fully saturated rings. The van der Waals surface area contributed by atoms with Crippen molar-refractivity contribution in [3.05, 3.63) is 58.2 Å². The van der Waals surface area contributed by atoms with Crippen molar-refractivity contribution < 1.29 is 13.6 Å². The average molecular weight is 283 g/mol. The molecule has 1 heterocycles. The largest absolute Gasteiger partial charge is 0.446 e. The number of hydrogen-bond donors (Lipinski definition) is 0. The Morgan fingerprint density at radius 1 is 1.31 bits per heavy atom. The zero-order valence-corrected chi connectivity index (χ0v) is 9.83. The summed E-state index contributed by atoms with van der Waals surface area (Å²) in [5, 5.41) is 0. The zero-order chi connectivity index (χ0) is 11.5. The van der Waals surface area contributed by atoms with Gasteiger partial charge in [-0.25, -0.2) is 4.39 Å². The van der Waals surface area contributed by atoms with Crippen molar-refractivity contribution in [3.8, 4) is 0 Å². The van der Waals surface area contributed by atoms with E-state index in [1.165, 1.54) is 12.1 Å². The van der Waals surface area contributed by atoms with E-state index < -0.39 is 0 Å². The lowest BCUT2D eigenvalue weighted by Crippen LogP contribution is -2.02. The van der Waals surface area contributed by atoms with E-state index in [-0.39, 0.29) is 23.8 Å². The minimum Gasteiger partial charge on any atom is -0.446 e. The van der Waals surface area contributed by atoms with Crippen LogP contribution in [0.3, 0.4) is 0 Å². The Labute approximate surface area is 100 Å². The van der Waals surface area contributed by atoms with Crippen molar-refractivity contribution in [2.75, 3.05) is 0 Å². The summed E-state index contributed by atoms with van der Waals surface area (Å²) >= 11 is 3.12. The molecular formula is C12H8BrFO2. The quantitative estimate of drug-likeness (QED) is 0.805. The van der Waals surface area contributed by atoms with Crippen LogP contribution in [-0.2, 0) is 6.42 Å². The molecule has 16 heavy (non-hydrogen) atoms. The van der Waals surface area contributed by atoms with Crippen LogP contribution in [0, 0.1) is 5.82 Å². The Balaban J connectivity index is 2.13. The number of carbonyl (C=O) groups excluding carboxylic acids is 1. The highest BCUT2D eigenvalue weighted by molar-refractivity contribution is 9.10. The Bertz CT molecular complexity index is 519. The van der Waals surface area contributed by atoms with Crippen LogP contribution in [0.25, 0.3) is 0 Å². The van der Waals surface area contributed by atoms with Crippen LogP contribution in [0.1, 0.15) is 16.1 Å². The number of Topliss-reactive ketones (excluding diaryl/α,β-unsaturated/α-hetero) is 1. The molecule has 0 aliphatic rings. The fourth-order valence-electron chi connectivity index (χ4n) is 1.38. The maximum absolute atomic E-state index is 12.9. The molecule has 0 spiro atoms. The summed E-state index contributed by atoms with van der Waals surface area (Å²) in [5.41, 5.74) is 0.637. The maximum Gasteiger partial charge on any atom is 0.202 e. The summed E-state index contributed by atoms with van der Waals surface area (Å²) in [6.45, 7) is 0. The van der Waals surface area contributed by atoms with Crippen LogP contribution in [0.15, 0.2) is 45.5 Å². The summed E-state index contributed by atoms with van der Waals surface area (Å²) < 4.78 is 18.5. The summed E-state index contributed by atoms with van der Waals surface area (Å²) in [5.74, 6) is -0.238. The first-order chi connectivity index (χ1) is 7.65. The van der Waals surface area contributed by atoms with Gasteiger partial charge in [-0.3, -0.25) is 4.79 Å². The number of benzene rings is 1. The molecule has 0 atom stereocenters. The number of rotatable bonds is 3. The maximum atomic E-state index is 12.9. The van der Waals surface area contributed by atoms with Gasteiger partial charge in [-0.2, -0.15) is 0 Å². The smallest absolute Gasteiger partial charge is 0.202 e. The zero-order valence-electron chi connectivity index (χ0n) is 8.24. The highest BCUT2D eigenvalue weighted by atomic mass is 79.9. The first-order valence-electron chi connectivity index (χ1n) is 4.68. The van der Waals surface area contributed by atoms with E-state index in [0.717, 1.165) is 0 Å². The number of hydrogen-bond acceptors (Lipinski definition) is 2. The summed E-state index contributed by atoms with van der Waals surface area (Å²) in [7, 11) is 0. The van der Waals surface area contributed by atoms with Crippen molar-refractivity contribution in [2.24, 2.45) is 0 Å². The van der Waals surface area contributed by atoms with Gasteiger partial charge in [0.15, 0.2) is 10.4 Å². The molecule has 0 radical (unpaired) electrons. The molecule has 0 aliphatic carbocycles. The van der Waals surface area contributed by atoms with Gasteiger partial charge in [0.1, 0.15) is 5.82 Å². The summed E-state index contributed by atoms with van der Waals surface area (Å²) in [6, 6.07) is 9.22. The number of ketones is 1. The lowest BCUT2D eigenvalue weighted by Gasteiger charge is -1.98. The molecule has 0 N–H and O–H groups in total. The fourth-order valence-corrected chi connectivity index (χ4v) is 1.69. The van der Waals surface area contributed by atoms with Crippen LogP contribution in [0.5, 0.6) is 0 Å². The molecule has 0 unspecified atom stereocenters. The standard InChI is InChI=1S/C12H8BrFO2/c13-12-5-4-11(16-12)10(15)7-8-2-1-3-9(14)6-8/h1-6H,7H2. The van der Waals surface area contributed by atoms with Gasteiger partial charge in [-0.05, 0) is 45.8 Å². The minimum atomic E-state index is -0.342. The van der Waals surface area contributed by atoms with E-state index in [1.54, 1.807) is 24.3 Å². The molecule has 1 aromatic carbocycles. The van der Waals surface area contributed by atoms with Crippen molar-refractivity contribution in [1.29, 1.82) is 0 Å². The van der Waals surface area contributed by atoms with Crippen molar-refractivity contribution in [2.45, 2.75) is 6.42 Å². The molecule has 0 saturated heterocycles. The Morgan fingerprint density at radius 3 is 2.75 bits per heavy atom. The van der Waals surface area contributed by atoms with E-state index in [9.17, 15) is 9.18 Å². The van der Waals surface area contributed by atoms with Crippen LogP contribution < -0.4 is 0 Å². The highest BCUT2D eigenvalue weighted by Gasteiger charge is 2.11. The molecule has 4 heteroatoms. The van der Waals surface area contributed by atoms with E-state index >= 15 is 0 Å². The second kappa shape index (κ2) is 4.61. The molecule has 82 valence electrons. The van der Waals surface area contributed by atoms with Crippen LogP contribution in [0.4, 0.5) is 4.39 Å². The van der Waals surface area contributed by atoms with Crippen LogP contribution in [-0.4, -0.2) is 5.78 Å². The van der Waals surface area contributed by atoms with E-state index in [0.29, 0.717) is 10.2 Å². The van der Waals surface area contributed by atoms with Gasteiger partial charge in [0.05, 0.1) is 0 Å². The van der Waals surface area contributed by atoms with Crippen molar-refractivity contribution >= 4 is 21.7 Å². The minimum absolute atomic E-state index is 0.137. The Kier molecular flexibility index (Phi) is 3.19. The molecule has 2 rings (SSSR count). The number of carbonyl (C=O) groups is 1. The Hall–Kier alpha value is -1.42. The number of furan rings is 1. The van der Waals surface area contributed by atoms with Gasteiger partial charge in [-0.1, -0.05) is 12.1 Å². The molecule has 0 saturated carbocycles. The molecule has 2 aromatic rings. The van der Waals surface area contributed by atoms with E-state index in [2.05, 4.69) is 15.9 Å². The molecular weight excluding hydrogens is 275 g/mol. The van der Waals surface area contributed by atoms with Gasteiger partial charge < -0.3 is 4.42 Å². The lowest BCUT2D eigenvalue weighted by atomic mass is 10.1. The van der Waals surface area contributed by atoms with Gasteiger partial charge in [0.2, 0.25) is 5.78 Å². The predicted molar refractivity (Wildman–Crippen MR) is 60.8 cm³/mol. The van der Waals surface area contributed by atoms with Crippen LogP contribution in [0.2, 0.25) is 0 Å². The molecule has 0 bridgehead atoms. The van der Waals surface area contributed by atoms with Crippen molar-refractivity contribution in [3.63, 3.8) is 0 Å². The predicted octanol–water partition coefficient (Wildman–Crippen LogP) is 3.61. The van der Waals surface area contributed by atoms with Crippen molar-refractivity contribution in [1.82, 2.24) is 0 Å². The van der Waals surface area contributed by atoms with Gasteiger partial charge in [0.25, 0.3) is 0 Å². The SMILES string of the molecule is O=C(Cc1cccc(F)c1)c1ccc(Br)o1. The first-order valence-corrected chi connectivity index (χ1v) is 5.47. The van der Waals surface area contributed by atoms with Gasteiger partial charge in [0, 0.05) is 6.42 Å². The average Bonchev–Trinajstić information content (AvgIpc) is 2.65. The third-order valence-corrected chi connectivity index (χ3v) is 2.53. The Morgan fingerprint density at radius 2 is 2.12 bits per heavy atom. The highest BCUT2D eigenvalue weighted by Crippen LogP contribution is 2.16. The summed E-state index contributed by atoms with van der Waals surface area (Å²) in [6.07, 6.45) is 0.137. The normalized spacial score (nSPS) is 10.4. The van der Waals surface area contributed by atoms with Gasteiger partial charge >= 0.3 is 0 Å².